The Morgan fingerprint density at radius 2 is 1.91 bits per heavy atom. The molecule has 9 nitrogen and oxygen atoms in total. The van der Waals surface area contributed by atoms with Crippen LogP contribution in [0.25, 0.3) is 0 Å². The van der Waals surface area contributed by atoms with Crippen LogP contribution in [0.15, 0.2) is 59.9 Å². The summed E-state index contributed by atoms with van der Waals surface area (Å²) in [4.78, 5) is 17.6. The number of halogens is 5. The third-order valence-corrected chi connectivity index (χ3v) is 9.83. The molecule has 0 spiro atoms. The molecule has 0 amide bonds. The van der Waals surface area contributed by atoms with Gasteiger partial charge in [-0.3, -0.25) is 9.69 Å². The van der Waals surface area contributed by atoms with E-state index in [1.54, 1.807) is 6.07 Å². The fraction of sp³-hybridized carbons (Fsp3) is 0.414. The van der Waals surface area contributed by atoms with Crippen molar-refractivity contribution in [2.45, 2.75) is 60.2 Å². The lowest BCUT2D eigenvalue weighted by molar-refractivity contribution is -0.137. The Kier molecular flexibility index (Phi) is 10.8. The number of nitrogens with zero attached hydrogens (tertiary/aromatic N) is 3. The first-order chi connectivity index (χ1) is 20.8. The minimum Gasteiger partial charge on any atom is -0.487 e. The summed E-state index contributed by atoms with van der Waals surface area (Å²) in [6, 6.07) is 8.90. The van der Waals surface area contributed by atoms with Crippen molar-refractivity contribution < 1.29 is 40.6 Å². The predicted octanol–water partition coefficient (Wildman–Crippen LogP) is 4.95. The van der Waals surface area contributed by atoms with Crippen molar-refractivity contribution in [1.82, 2.24) is 20.2 Å². The predicted molar refractivity (Wildman–Crippen MR) is 154 cm³/mol. The summed E-state index contributed by atoms with van der Waals surface area (Å²) < 4.78 is 87.3. The van der Waals surface area contributed by atoms with Gasteiger partial charge >= 0.3 is 6.18 Å². The van der Waals surface area contributed by atoms with Crippen molar-refractivity contribution in [2.24, 2.45) is 0 Å². The molecule has 2 aliphatic rings. The molecule has 5 rings (SSSR count). The van der Waals surface area contributed by atoms with Gasteiger partial charge in [0, 0.05) is 37.4 Å². The van der Waals surface area contributed by atoms with E-state index >= 15 is 4.39 Å². The van der Waals surface area contributed by atoms with Crippen LogP contribution in [0.3, 0.4) is 0 Å². The summed E-state index contributed by atoms with van der Waals surface area (Å²) in [7, 11) is -2.15. The first kappa shape index (κ1) is 33.6. The van der Waals surface area contributed by atoms with E-state index in [1.807, 2.05) is 7.05 Å². The van der Waals surface area contributed by atoms with Gasteiger partial charge < -0.3 is 15.2 Å². The lowest BCUT2D eigenvalue weighted by Gasteiger charge is -2.46. The van der Waals surface area contributed by atoms with Crippen LogP contribution in [0.5, 0.6) is 5.75 Å². The van der Waals surface area contributed by atoms with Gasteiger partial charge in [0.05, 0.1) is 22.0 Å². The number of carbonyl (C=O) groups is 1. The minimum atomic E-state index is -4.43. The van der Waals surface area contributed by atoms with Gasteiger partial charge in [0.1, 0.15) is 28.9 Å². The SMILES string of the molecule is CN(C1CNC1)[C@H]1C[C@@H](c2cccc(C(F)(F)F)c2)CC[C@@H]1Oc1cc(F)c(S(=O)(=O)Cc2ccncn2)cc1Cl.O=CO. The van der Waals surface area contributed by atoms with Crippen LogP contribution in [0.1, 0.15) is 42.0 Å². The van der Waals surface area contributed by atoms with E-state index in [0.29, 0.717) is 24.8 Å². The lowest BCUT2D eigenvalue weighted by Crippen LogP contribution is -2.62. The molecule has 3 atom stereocenters. The molecule has 1 aromatic heterocycles. The highest BCUT2D eigenvalue weighted by Gasteiger charge is 2.40. The van der Waals surface area contributed by atoms with Crippen LogP contribution in [0, 0.1) is 5.82 Å². The second-order valence-electron chi connectivity index (χ2n) is 10.6. The zero-order valence-corrected chi connectivity index (χ0v) is 25.1. The molecule has 1 aliphatic heterocycles. The number of alkyl halides is 3. The quantitative estimate of drug-likeness (QED) is 0.256. The average Bonchev–Trinajstić information content (AvgIpc) is 2.94. The van der Waals surface area contributed by atoms with Crippen molar-refractivity contribution in [2.75, 3.05) is 20.1 Å². The largest absolute Gasteiger partial charge is 0.487 e. The van der Waals surface area contributed by atoms with Gasteiger partial charge in [0.25, 0.3) is 6.47 Å². The molecule has 44 heavy (non-hydrogen) atoms. The molecule has 3 aromatic rings. The van der Waals surface area contributed by atoms with E-state index < -0.39 is 44.1 Å². The monoisotopic (exact) mass is 658 g/mol. The number of carboxylic acid groups (broad SMARTS) is 1. The molecule has 2 aromatic carbocycles. The molecule has 0 bridgehead atoms. The molecule has 2 N–H and O–H groups in total. The fourth-order valence-electron chi connectivity index (χ4n) is 5.47. The van der Waals surface area contributed by atoms with Gasteiger partial charge in [0.15, 0.2) is 9.84 Å². The highest BCUT2D eigenvalue weighted by molar-refractivity contribution is 7.90. The van der Waals surface area contributed by atoms with Crippen molar-refractivity contribution in [3.63, 3.8) is 0 Å². The smallest absolute Gasteiger partial charge is 0.416 e. The first-order valence-electron chi connectivity index (χ1n) is 13.6. The maximum absolute atomic E-state index is 15.2. The topological polar surface area (TPSA) is 122 Å². The Morgan fingerprint density at radius 3 is 2.52 bits per heavy atom. The highest BCUT2D eigenvalue weighted by Crippen LogP contribution is 2.41. The molecule has 15 heteroatoms. The zero-order valence-electron chi connectivity index (χ0n) is 23.5. The lowest BCUT2D eigenvalue weighted by atomic mass is 9.78. The number of hydrogen-bond acceptors (Lipinski definition) is 8. The first-order valence-corrected chi connectivity index (χ1v) is 15.7. The van der Waals surface area contributed by atoms with Crippen molar-refractivity contribution in [3.8, 4) is 5.75 Å². The molecule has 2 heterocycles. The summed E-state index contributed by atoms with van der Waals surface area (Å²) in [6.45, 7) is 1.28. The van der Waals surface area contributed by atoms with Gasteiger partial charge in [0.2, 0.25) is 0 Å². The van der Waals surface area contributed by atoms with Gasteiger partial charge in [-0.25, -0.2) is 22.8 Å². The Morgan fingerprint density at radius 1 is 1.18 bits per heavy atom. The van der Waals surface area contributed by atoms with E-state index in [1.165, 1.54) is 30.7 Å². The summed E-state index contributed by atoms with van der Waals surface area (Å²) in [5.74, 6) is -1.63. The molecule has 1 aliphatic carbocycles. The molecule has 0 radical (unpaired) electrons. The van der Waals surface area contributed by atoms with Crippen LogP contribution >= 0.6 is 11.6 Å². The molecular weight excluding hydrogens is 628 g/mol. The molecule has 0 unspecified atom stereocenters. The number of benzene rings is 2. The number of hydrogen-bond donors (Lipinski definition) is 2. The highest BCUT2D eigenvalue weighted by atomic mass is 35.5. The third-order valence-electron chi connectivity index (χ3n) is 7.88. The maximum atomic E-state index is 15.2. The number of nitrogens with one attached hydrogen (secondary N) is 1. The van der Waals surface area contributed by atoms with Crippen molar-refractivity contribution >= 4 is 27.9 Å². The van der Waals surface area contributed by atoms with Gasteiger partial charge in [-0.1, -0.05) is 29.8 Å². The van der Waals surface area contributed by atoms with Crippen LogP contribution in [-0.2, 0) is 26.6 Å². The summed E-state index contributed by atoms with van der Waals surface area (Å²) in [6.07, 6.45) is -0.688. The third kappa shape index (κ3) is 8.03. The molecule has 1 saturated carbocycles. The number of ether oxygens (including phenoxy) is 1. The molecule has 1 saturated heterocycles. The minimum absolute atomic E-state index is 0.0119. The second kappa shape index (κ2) is 14.2. The van der Waals surface area contributed by atoms with Crippen LogP contribution in [-0.4, -0.2) is 73.2 Å². The summed E-state index contributed by atoms with van der Waals surface area (Å²) >= 11 is 6.43. The van der Waals surface area contributed by atoms with Crippen molar-refractivity contribution in [1.29, 1.82) is 0 Å². The number of likely N-dealkylation sites (N-methyl/N-ethyl adjacent to an activating group) is 1. The van der Waals surface area contributed by atoms with Gasteiger partial charge in [-0.2, -0.15) is 13.2 Å². The van der Waals surface area contributed by atoms with E-state index in [0.717, 1.165) is 31.3 Å². The van der Waals surface area contributed by atoms with E-state index in [-0.39, 0.29) is 40.9 Å². The van der Waals surface area contributed by atoms with Crippen LogP contribution < -0.4 is 10.1 Å². The standard InChI is InChI=1S/C28H29ClF4N4O3S.CH2O2/c1-37(21-13-35-14-21)24-10-18(17-3-2-4-19(9-17)28(31,32)33)5-6-25(24)40-26-12-23(30)27(11-22(26)29)41(38,39)15-20-7-8-34-16-36-20;2-1-3/h2-4,7-9,11-12,16,18,21,24-25,35H,5-6,10,13-15H2,1H3;1H,(H,2,3)/t18-,24-,25-;/m0./s1. The fourth-order valence-corrected chi connectivity index (χ4v) is 7.11. The molecule has 2 fully saturated rings. The Labute approximate surface area is 257 Å². The van der Waals surface area contributed by atoms with Crippen molar-refractivity contribution in [3.05, 3.63) is 82.6 Å². The normalized spacial score (nSPS) is 20.8. The zero-order chi connectivity index (χ0) is 32.1. The summed E-state index contributed by atoms with van der Waals surface area (Å²) in [5.41, 5.74) is 0.147. The van der Waals surface area contributed by atoms with Gasteiger partial charge in [-0.05, 0) is 56.0 Å². The summed E-state index contributed by atoms with van der Waals surface area (Å²) in [5, 5.41) is 10.1. The Balaban J connectivity index is 0.00000141. The van der Waals surface area contributed by atoms with Crippen LogP contribution in [0.2, 0.25) is 5.02 Å². The van der Waals surface area contributed by atoms with Gasteiger partial charge in [-0.15, -0.1) is 0 Å². The number of sulfone groups is 1. The van der Waals surface area contributed by atoms with E-state index in [4.69, 9.17) is 26.2 Å². The Bertz CT molecular complexity index is 1540. The molecule has 238 valence electrons. The maximum Gasteiger partial charge on any atom is 0.416 e. The number of rotatable bonds is 8. The number of aromatic nitrogens is 2. The van der Waals surface area contributed by atoms with E-state index in [2.05, 4.69) is 20.2 Å². The molecular formula is C29H31ClF4N4O5S. The average molecular weight is 659 g/mol. The van der Waals surface area contributed by atoms with Crippen LogP contribution in [0.4, 0.5) is 17.6 Å². The van der Waals surface area contributed by atoms with E-state index in [9.17, 15) is 21.6 Å². The second-order valence-corrected chi connectivity index (χ2v) is 13.0. The Hall–Kier alpha value is -3.33.